The van der Waals surface area contributed by atoms with Gasteiger partial charge < -0.3 is 4.74 Å². The maximum absolute atomic E-state index is 12.1. The Bertz CT molecular complexity index is 799. The normalized spacial score (nSPS) is 14.1. The van der Waals surface area contributed by atoms with Gasteiger partial charge in [-0.1, -0.05) is 30.3 Å². The lowest BCUT2D eigenvalue weighted by atomic mass is 10.0. The lowest BCUT2D eigenvalue weighted by Gasteiger charge is -2.24. The summed E-state index contributed by atoms with van der Waals surface area (Å²) in [6.07, 6.45) is 1.57. The fraction of sp³-hybridized carbons (Fsp3) is 0.412. The van der Waals surface area contributed by atoms with E-state index in [1.165, 1.54) is 6.92 Å². The van der Waals surface area contributed by atoms with E-state index in [1.807, 2.05) is 36.4 Å². The number of sulfone groups is 1. The summed E-state index contributed by atoms with van der Waals surface area (Å²) in [6, 6.07) is 11.5. The number of benzene rings is 1. The van der Waals surface area contributed by atoms with Crippen molar-refractivity contribution in [3.05, 3.63) is 42.1 Å². The van der Waals surface area contributed by atoms with Crippen LogP contribution >= 0.6 is 0 Å². The molecule has 2 rings (SSSR count). The van der Waals surface area contributed by atoms with Gasteiger partial charge in [0, 0.05) is 17.5 Å². The van der Waals surface area contributed by atoms with E-state index >= 15 is 0 Å². The van der Waals surface area contributed by atoms with Crippen molar-refractivity contribution in [3.8, 4) is 11.3 Å². The Morgan fingerprint density at radius 1 is 1.29 bits per heavy atom. The van der Waals surface area contributed by atoms with Gasteiger partial charge >= 0.3 is 5.97 Å². The van der Waals surface area contributed by atoms with Crippen molar-refractivity contribution < 1.29 is 17.9 Å². The zero-order valence-electron chi connectivity index (χ0n) is 14.1. The Kier molecular flexibility index (Phi) is 5.43. The number of carbonyl (C=O) groups excluding carboxylic acids is 1. The Morgan fingerprint density at radius 2 is 1.96 bits per heavy atom. The molecule has 0 saturated carbocycles. The van der Waals surface area contributed by atoms with E-state index in [0.717, 1.165) is 23.2 Å². The number of rotatable bonds is 7. The highest BCUT2D eigenvalue weighted by molar-refractivity contribution is 7.92. The maximum atomic E-state index is 12.1. The molecule has 0 amide bonds. The monoisotopic (exact) mass is 350 g/mol. The number of esters is 1. The average molecular weight is 350 g/mol. The highest BCUT2D eigenvalue weighted by atomic mass is 32.2. The molecule has 1 aromatic heterocycles. The van der Waals surface area contributed by atoms with Gasteiger partial charge in [0.05, 0.1) is 12.3 Å². The van der Waals surface area contributed by atoms with Crippen molar-refractivity contribution >= 4 is 15.8 Å². The molecule has 1 aromatic carbocycles. The third kappa shape index (κ3) is 3.84. The first-order valence-corrected chi connectivity index (χ1v) is 9.63. The van der Waals surface area contributed by atoms with Gasteiger partial charge in [0.15, 0.2) is 14.6 Å². The number of nitrogens with zero attached hydrogens (tertiary/aromatic N) is 1. The second kappa shape index (κ2) is 7.17. The molecule has 0 fully saturated rings. The van der Waals surface area contributed by atoms with E-state index in [4.69, 9.17) is 4.74 Å². The van der Waals surface area contributed by atoms with Gasteiger partial charge in [0.25, 0.3) is 0 Å². The van der Waals surface area contributed by atoms with E-state index in [1.54, 1.807) is 6.92 Å². The lowest BCUT2D eigenvalue weighted by molar-refractivity contribution is -0.146. The van der Waals surface area contributed by atoms with Crippen LogP contribution in [0.2, 0.25) is 0 Å². The Hall–Kier alpha value is -2.15. The molecular weight excluding hydrogens is 328 g/mol. The molecule has 24 heavy (non-hydrogen) atoms. The standard InChI is InChI=1S/C17H22N2O4S/c1-4-23-16(20)17(2,24(3,21)22)11-10-14-12-15(19-18-14)13-8-6-5-7-9-13/h5-9,12H,4,10-11H2,1-3H3,(H,18,19). The maximum Gasteiger partial charge on any atom is 0.327 e. The van der Waals surface area contributed by atoms with E-state index < -0.39 is 20.6 Å². The molecule has 0 aliphatic rings. The summed E-state index contributed by atoms with van der Waals surface area (Å²) in [7, 11) is -3.61. The molecular formula is C17H22N2O4S. The van der Waals surface area contributed by atoms with E-state index in [0.29, 0.717) is 6.42 Å². The molecule has 0 saturated heterocycles. The molecule has 1 heterocycles. The summed E-state index contributed by atoms with van der Waals surface area (Å²) in [5, 5.41) is 7.14. The van der Waals surface area contributed by atoms with Crippen molar-refractivity contribution in [2.45, 2.75) is 31.4 Å². The van der Waals surface area contributed by atoms with Gasteiger partial charge in [-0.3, -0.25) is 9.89 Å². The second-order valence-electron chi connectivity index (χ2n) is 5.87. The van der Waals surface area contributed by atoms with E-state index in [-0.39, 0.29) is 13.0 Å². The SMILES string of the molecule is CCOC(=O)C(C)(CCc1cc(-c2ccccc2)n[nH]1)S(C)(=O)=O. The van der Waals surface area contributed by atoms with Crippen LogP contribution in [0.25, 0.3) is 11.3 Å². The number of aromatic nitrogens is 2. The molecule has 0 spiro atoms. The third-order valence-corrected chi connectivity index (χ3v) is 6.11. The van der Waals surface area contributed by atoms with Gasteiger partial charge in [-0.05, 0) is 32.8 Å². The van der Waals surface area contributed by atoms with Gasteiger partial charge in [-0.25, -0.2) is 8.42 Å². The summed E-state index contributed by atoms with van der Waals surface area (Å²) in [4.78, 5) is 12.1. The first kappa shape index (κ1) is 18.2. The highest BCUT2D eigenvalue weighted by Gasteiger charge is 2.44. The van der Waals surface area contributed by atoms with Crippen LogP contribution in [0.4, 0.5) is 0 Å². The van der Waals surface area contributed by atoms with Crippen molar-refractivity contribution in [2.75, 3.05) is 12.9 Å². The second-order valence-corrected chi connectivity index (χ2v) is 8.31. The minimum atomic E-state index is -3.61. The summed E-state index contributed by atoms with van der Waals surface area (Å²) in [6.45, 7) is 3.21. The van der Waals surface area contributed by atoms with Gasteiger partial charge in [0.2, 0.25) is 0 Å². The number of hydrogen-bond acceptors (Lipinski definition) is 5. The fourth-order valence-electron chi connectivity index (χ4n) is 2.34. The molecule has 1 unspecified atom stereocenters. The summed E-state index contributed by atoms with van der Waals surface area (Å²) < 4.78 is 27.6. The van der Waals surface area contributed by atoms with Crippen LogP contribution in [0, 0.1) is 0 Å². The first-order valence-electron chi connectivity index (χ1n) is 7.74. The first-order chi connectivity index (χ1) is 11.3. The smallest absolute Gasteiger partial charge is 0.327 e. The largest absolute Gasteiger partial charge is 0.465 e. The number of hydrogen-bond donors (Lipinski definition) is 1. The number of aromatic amines is 1. The summed E-state index contributed by atoms with van der Waals surface area (Å²) in [5.41, 5.74) is 2.52. The van der Waals surface area contributed by atoms with Gasteiger partial charge in [0.1, 0.15) is 0 Å². The minimum Gasteiger partial charge on any atom is -0.465 e. The topological polar surface area (TPSA) is 89.1 Å². The molecule has 6 nitrogen and oxygen atoms in total. The van der Waals surface area contributed by atoms with Crippen LogP contribution in [-0.4, -0.2) is 42.2 Å². The molecule has 1 N–H and O–H groups in total. The van der Waals surface area contributed by atoms with Gasteiger partial charge in [-0.2, -0.15) is 5.10 Å². The molecule has 1 atom stereocenters. The quantitative estimate of drug-likeness (QED) is 0.775. The van der Waals surface area contributed by atoms with Crippen molar-refractivity contribution in [2.24, 2.45) is 0 Å². The predicted molar refractivity (Wildman–Crippen MR) is 92.2 cm³/mol. The zero-order chi connectivity index (χ0) is 17.8. The highest BCUT2D eigenvalue weighted by Crippen LogP contribution is 2.26. The van der Waals surface area contributed by atoms with Crippen LogP contribution in [-0.2, 0) is 25.8 Å². The van der Waals surface area contributed by atoms with Crippen LogP contribution < -0.4 is 0 Å². The van der Waals surface area contributed by atoms with E-state index in [2.05, 4.69) is 10.2 Å². The predicted octanol–water partition coefficient (Wildman–Crippen LogP) is 2.38. The summed E-state index contributed by atoms with van der Waals surface area (Å²) in [5.74, 6) is -0.713. The van der Waals surface area contributed by atoms with E-state index in [9.17, 15) is 13.2 Å². The Balaban J connectivity index is 2.16. The fourth-order valence-corrected chi connectivity index (χ4v) is 3.18. The van der Waals surface area contributed by atoms with Crippen LogP contribution in [0.1, 0.15) is 26.0 Å². The number of carbonyl (C=O) groups is 1. The molecule has 130 valence electrons. The average Bonchev–Trinajstić information content (AvgIpc) is 3.01. The Morgan fingerprint density at radius 3 is 2.54 bits per heavy atom. The molecule has 7 heteroatoms. The number of H-pyrrole nitrogens is 1. The molecule has 0 bridgehead atoms. The minimum absolute atomic E-state index is 0.126. The van der Waals surface area contributed by atoms with Crippen molar-refractivity contribution in [1.82, 2.24) is 10.2 Å². The molecule has 0 radical (unpaired) electrons. The van der Waals surface area contributed by atoms with Crippen LogP contribution in [0.15, 0.2) is 36.4 Å². The van der Waals surface area contributed by atoms with Crippen LogP contribution in [0.3, 0.4) is 0 Å². The van der Waals surface area contributed by atoms with Gasteiger partial charge in [-0.15, -0.1) is 0 Å². The molecule has 0 aliphatic carbocycles. The number of nitrogens with one attached hydrogen (secondary N) is 1. The summed E-state index contributed by atoms with van der Waals surface area (Å²) >= 11 is 0. The molecule has 0 aliphatic heterocycles. The molecule has 2 aromatic rings. The Labute approximate surface area is 142 Å². The number of aryl methyl sites for hydroxylation is 1. The lowest BCUT2D eigenvalue weighted by Crippen LogP contribution is -2.44. The zero-order valence-corrected chi connectivity index (χ0v) is 14.9. The number of ether oxygens (including phenoxy) is 1. The van der Waals surface area contributed by atoms with Crippen LogP contribution in [0.5, 0.6) is 0 Å². The van der Waals surface area contributed by atoms with Crippen molar-refractivity contribution in [3.63, 3.8) is 0 Å². The van der Waals surface area contributed by atoms with Crippen molar-refractivity contribution in [1.29, 1.82) is 0 Å². The third-order valence-electron chi connectivity index (χ3n) is 4.10.